The van der Waals surface area contributed by atoms with Crippen molar-refractivity contribution in [2.45, 2.75) is 39.4 Å². The Hall–Kier alpha value is -1.88. The molecule has 4 nitrogen and oxygen atoms in total. The van der Waals surface area contributed by atoms with Gasteiger partial charge in [-0.3, -0.25) is 4.79 Å². The minimum absolute atomic E-state index is 0.114. The summed E-state index contributed by atoms with van der Waals surface area (Å²) in [6, 6.07) is 5.36. The number of fused-ring (bicyclic) bond motifs is 1. The topological polar surface area (TPSA) is 48.4 Å². The van der Waals surface area contributed by atoms with Crippen molar-refractivity contribution >= 4 is 17.1 Å². The van der Waals surface area contributed by atoms with E-state index in [0.717, 1.165) is 10.7 Å². The molecule has 0 saturated heterocycles. The summed E-state index contributed by atoms with van der Waals surface area (Å²) in [5, 5.41) is 3.01. The molecule has 3 rings (SSSR count). The highest BCUT2D eigenvalue weighted by atomic mass is 32.1. The van der Waals surface area contributed by atoms with Crippen LogP contribution in [0.1, 0.15) is 41.3 Å². The molecule has 0 N–H and O–H groups in total. The van der Waals surface area contributed by atoms with Crippen molar-refractivity contribution in [3.05, 3.63) is 39.8 Å². The average Bonchev–Trinajstić information content (AvgIpc) is 2.80. The highest BCUT2D eigenvalue weighted by Gasteiger charge is 2.32. The highest BCUT2D eigenvalue weighted by Crippen LogP contribution is 2.35. The van der Waals surface area contributed by atoms with Crippen LogP contribution in [0.15, 0.2) is 23.6 Å². The number of thiazole rings is 1. The van der Waals surface area contributed by atoms with Crippen molar-refractivity contribution in [1.82, 2.24) is 4.98 Å². The zero-order chi connectivity index (χ0) is 15.0. The molecule has 0 unspecified atom stereocenters. The molecular formula is C16H17NO3S. The first-order chi connectivity index (χ1) is 9.93. The van der Waals surface area contributed by atoms with Gasteiger partial charge in [0, 0.05) is 11.4 Å². The predicted molar refractivity (Wildman–Crippen MR) is 81.3 cm³/mol. The van der Waals surface area contributed by atoms with Gasteiger partial charge < -0.3 is 9.47 Å². The van der Waals surface area contributed by atoms with E-state index in [1.54, 1.807) is 29.5 Å². The molecule has 0 atom stereocenters. The van der Waals surface area contributed by atoms with Crippen molar-refractivity contribution in [3.8, 4) is 11.5 Å². The Morgan fingerprint density at radius 2 is 2.24 bits per heavy atom. The van der Waals surface area contributed by atoms with E-state index in [-0.39, 0.29) is 5.78 Å². The number of ether oxygens (including phenoxy) is 2. The van der Waals surface area contributed by atoms with Crippen molar-refractivity contribution in [2.75, 3.05) is 0 Å². The number of benzene rings is 1. The molecule has 0 aliphatic carbocycles. The lowest BCUT2D eigenvalue weighted by molar-refractivity contribution is 0.0618. The number of aryl methyl sites for hydroxylation is 1. The number of hydrogen-bond acceptors (Lipinski definition) is 5. The molecule has 0 amide bonds. The van der Waals surface area contributed by atoms with E-state index in [4.69, 9.17) is 9.47 Å². The van der Waals surface area contributed by atoms with Crippen molar-refractivity contribution in [3.63, 3.8) is 0 Å². The van der Waals surface area contributed by atoms with Crippen molar-refractivity contribution in [1.29, 1.82) is 0 Å². The summed E-state index contributed by atoms with van der Waals surface area (Å²) < 4.78 is 11.6. The average molecular weight is 303 g/mol. The van der Waals surface area contributed by atoms with Gasteiger partial charge in [0.05, 0.1) is 22.7 Å². The summed E-state index contributed by atoms with van der Waals surface area (Å²) in [5.74, 6) is 1.40. The minimum Gasteiger partial charge on any atom is -0.487 e. The van der Waals surface area contributed by atoms with E-state index in [9.17, 15) is 4.79 Å². The standard InChI is InChI=1S/C16H17NO3S/c1-10-17-11(9-21-10)8-19-12-4-5-13-14(18)7-16(2,3)20-15(13)6-12/h4-6,9H,7-8H2,1-3H3. The molecule has 1 aromatic heterocycles. The third kappa shape index (κ3) is 3.08. The summed E-state index contributed by atoms with van der Waals surface area (Å²) in [6.07, 6.45) is 0.401. The number of hydrogen-bond donors (Lipinski definition) is 0. The summed E-state index contributed by atoms with van der Waals surface area (Å²) in [6.45, 7) is 6.22. The van der Waals surface area contributed by atoms with Crippen LogP contribution < -0.4 is 9.47 Å². The van der Waals surface area contributed by atoms with Gasteiger partial charge in [0.15, 0.2) is 5.78 Å². The van der Waals surface area contributed by atoms with Crippen molar-refractivity contribution in [2.24, 2.45) is 0 Å². The van der Waals surface area contributed by atoms with Gasteiger partial charge in [-0.2, -0.15) is 0 Å². The predicted octanol–water partition coefficient (Wildman–Crippen LogP) is 3.77. The van der Waals surface area contributed by atoms with Gasteiger partial charge in [0.2, 0.25) is 0 Å². The molecule has 2 aromatic rings. The molecule has 110 valence electrons. The van der Waals surface area contributed by atoms with Crippen LogP contribution in [0.3, 0.4) is 0 Å². The minimum atomic E-state index is -0.464. The first-order valence-electron chi connectivity index (χ1n) is 6.83. The quantitative estimate of drug-likeness (QED) is 0.866. The largest absolute Gasteiger partial charge is 0.487 e. The molecule has 0 saturated carbocycles. The molecule has 21 heavy (non-hydrogen) atoms. The van der Waals surface area contributed by atoms with Crippen LogP contribution in [0.25, 0.3) is 0 Å². The van der Waals surface area contributed by atoms with E-state index >= 15 is 0 Å². The van der Waals surface area contributed by atoms with Gasteiger partial charge in [-0.05, 0) is 32.9 Å². The Kier molecular flexibility index (Phi) is 3.45. The van der Waals surface area contributed by atoms with Crippen LogP contribution >= 0.6 is 11.3 Å². The number of nitrogens with zero attached hydrogens (tertiary/aromatic N) is 1. The first kappa shape index (κ1) is 14.1. The van der Waals surface area contributed by atoms with E-state index in [0.29, 0.717) is 30.1 Å². The second kappa shape index (κ2) is 5.15. The molecule has 1 aliphatic heterocycles. The van der Waals surface area contributed by atoms with Crippen LogP contribution in [0.5, 0.6) is 11.5 Å². The number of carbonyl (C=O) groups is 1. The Bertz CT molecular complexity index is 691. The Labute approximate surface area is 127 Å². The Balaban J connectivity index is 1.78. The van der Waals surface area contributed by atoms with Crippen LogP contribution in [-0.2, 0) is 6.61 Å². The van der Waals surface area contributed by atoms with Gasteiger partial charge in [-0.15, -0.1) is 11.3 Å². The first-order valence-corrected chi connectivity index (χ1v) is 7.71. The third-order valence-electron chi connectivity index (χ3n) is 3.28. The monoisotopic (exact) mass is 303 g/mol. The lowest BCUT2D eigenvalue weighted by atomic mass is 9.93. The summed E-state index contributed by atoms with van der Waals surface area (Å²) in [7, 11) is 0. The number of rotatable bonds is 3. The van der Waals surface area contributed by atoms with Crippen LogP contribution in [0.4, 0.5) is 0 Å². The lowest BCUT2D eigenvalue weighted by Crippen LogP contribution is -2.35. The zero-order valence-corrected chi connectivity index (χ0v) is 13.1. The highest BCUT2D eigenvalue weighted by molar-refractivity contribution is 7.09. The fourth-order valence-electron chi connectivity index (χ4n) is 2.35. The molecule has 0 fully saturated rings. The van der Waals surface area contributed by atoms with Gasteiger partial charge >= 0.3 is 0 Å². The smallest absolute Gasteiger partial charge is 0.170 e. The Morgan fingerprint density at radius 3 is 2.95 bits per heavy atom. The molecule has 0 bridgehead atoms. The molecule has 1 aliphatic rings. The van der Waals surface area contributed by atoms with Crippen molar-refractivity contribution < 1.29 is 14.3 Å². The van der Waals surface area contributed by atoms with E-state index < -0.39 is 5.60 Å². The fourth-order valence-corrected chi connectivity index (χ4v) is 2.95. The van der Waals surface area contributed by atoms with Gasteiger partial charge in [-0.25, -0.2) is 4.98 Å². The van der Waals surface area contributed by atoms with Crippen LogP contribution in [-0.4, -0.2) is 16.4 Å². The molecule has 0 radical (unpaired) electrons. The van der Waals surface area contributed by atoms with E-state index in [1.807, 2.05) is 26.2 Å². The second-order valence-corrected chi connectivity index (χ2v) is 6.83. The number of aromatic nitrogens is 1. The maximum Gasteiger partial charge on any atom is 0.170 e. The van der Waals surface area contributed by atoms with Crippen LogP contribution in [0.2, 0.25) is 0 Å². The summed E-state index contributed by atoms with van der Waals surface area (Å²) >= 11 is 1.60. The zero-order valence-electron chi connectivity index (χ0n) is 12.3. The number of ketones is 1. The molecule has 5 heteroatoms. The SMILES string of the molecule is Cc1nc(COc2ccc3c(c2)OC(C)(C)CC3=O)cs1. The van der Waals surface area contributed by atoms with Gasteiger partial charge in [0.1, 0.15) is 23.7 Å². The molecule has 1 aromatic carbocycles. The lowest BCUT2D eigenvalue weighted by Gasteiger charge is -2.31. The molecule has 2 heterocycles. The maximum atomic E-state index is 12.1. The summed E-state index contributed by atoms with van der Waals surface area (Å²) in [4.78, 5) is 16.4. The Morgan fingerprint density at radius 1 is 1.43 bits per heavy atom. The molecular weight excluding hydrogens is 286 g/mol. The second-order valence-electron chi connectivity index (χ2n) is 5.77. The van der Waals surface area contributed by atoms with E-state index in [1.165, 1.54) is 0 Å². The fraction of sp³-hybridized carbons (Fsp3) is 0.375. The van der Waals surface area contributed by atoms with E-state index in [2.05, 4.69) is 4.98 Å². The molecule has 0 spiro atoms. The third-order valence-corrected chi connectivity index (χ3v) is 4.10. The maximum absolute atomic E-state index is 12.1. The number of carbonyl (C=O) groups excluding carboxylic acids is 1. The van der Waals surface area contributed by atoms with Crippen LogP contribution in [0, 0.1) is 6.92 Å². The normalized spacial score (nSPS) is 16.2. The number of Topliss-reactive ketones (excluding diaryl/α,β-unsaturated/α-hetero) is 1. The summed E-state index contributed by atoms with van der Waals surface area (Å²) in [5.41, 5.74) is 1.08. The van der Waals surface area contributed by atoms with Gasteiger partial charge in [-0.1, -0.05) is 0 Å². The van der Waals surface area contributed by atoms with Gasteiger partial charge in [0.25, 0.3) is 0 Å².